The van der Waals surface area contributed by atoms with Gasteiger partial charge in [0.1, 0.15) is 11.1 Å². The second-order valence-corrected chi connectivity index (χ2v) is 11.3. The molecule has 3 aromatic rings. The minimum absolute atomic E-state index is 0.151. The van der Waals surface area contributed by atoms with Crippen LogP contribution < -0.4 is 10.6 Å². The van der Waals surface area contributed by atoms with E-state index >= 15 is 0 Å². The van der Waals surface area contributed by atoms with Crippen LogP contribution in [0.3, 0.4) is 0 Å². The van der Waals surface area contributed by atoms with Crippen molar-refractivity contribution in [2.75, 3.05) is 0 Å². The van der Waals surface area contributed by atoms with Gasteiger partial charge in [-0.25, -0.2) is 9.59 Å². The predicted molar refractivity (Wildman–Crippen MR) is 147 cm³/mol. The molecule has 2 saturated heterocycles. The van der Waals surface area contributed by atoms with Crippen molar-refractivity contribution in [3.8, 4) is 0 Å². The quantitative estimate of drug-likeness (QED) is 0.489. The highest BCUT2D eigenvalue weighted by molar-refractivity contribution is 6.08. The second kappa shape index (κ2) is 9.05. The zero-order valence-electron chi connectivity index (χ0n) is 22.1. The molecule has 40 heavy (non-hydrogen) atoms. The molecule has 2 atom stereocenters. The summed E-state index contributed by atoms with van der Waals surface area (Å²) in [7, 11) is 0. The van der Waals surface area contributed by atoms with Crippen LogP contribution in [-0.2, 0) is 46.6 Å². The molecule has 7 rings (SSSR count). The summed E-state index contributed by atoms with van der Waals surface area (Å²) in [4.78, 5) is 55.8. The number of rotatable bonds is 4. The van der Waals surface area contributed by atoms with E-state index in [1.54, 1.807) is 0 Å². The molecule has 2 N–H and O–H groups in total. The van der Waals surface area contributed by atoms with Crippen molar-refractivity contribution in [1.82, 2.24) is 20.4 Å². The summed E-state index contributed by atoms with van der Waals surface area (Å²) in [6, 6.07) is 22.3. The van der Waals surface area contributed by atoms with Crippen molar-refractivity contribution < 1.29 is 19.2 Å². The maximum absolute atomic E-state index is 13.6. The first kappa shape index (κ1) is 24.6. The fourth-order valence-corrected chi connectivity index (χ4v) is 7.03. The molecule has 0 unspecified atom stereocenters. The van der Waals surface area contributed by atoms with Crippen molar-refractivity contribution in [2.24, 2.45) is 0 Å². The highest BCUT2D eigenvalue weighted by atomic mass is 16.2. The van der Waals surface area contributed by atoms with Crippen molar-refractivity contribution in [1.29, 1.82) is 0 Å². The Kier molecular flexibility index (Phi) is 5.56. The molecule has 6 amide bonds. The van der Waals surface area contributed by atoms with E-state index in [0.717, 1.165) is 59.1 Å². The van der Waals surface area contributed by atoms with Crippen LogP contribution in [0.2, 0.25) is 0 Å². The first-order valence-electron chi connectivity index (χ1n) is 13.9. The number of amides is 6. The molecule has 2 heterocycles. The van der Waals surface area contributed by atoms with E-state index < -0.39 is 11.1 Å². The normalized spacial score (nSPS) is 25.3. The molecule has 4 aliphatic rings. The summed E-state index contributed by atoms with van der Waals surface area (Å²) in [6.07, 6.45) is 4.63. The molecule has 2 aliphatic heterocycles. The minimum atomic E-state index is -0.997. The summed E-state index contributed by atoms with van der Waals surface area (Å²) in [5, 5.41) is 6.00. The van der Waals surface area contributed by atoms with Crippen LogP contribution in [0.1, 0.15) is 59.1 Å². The molecule has 8 nitrogen and oxygen atoms in total. The highest BCUT2D eigenvalue weighted by Gasteiger charge is 2.55. The Morgan fingerprint density at radius 1 is 0.575 bits per heavy atom. The average molecular weight is 535 g/mol. The maximum atomic E-state index is 13.6. The highest BCUT2D eigenvalue weighted by Crippen LogP contribution is 2.41. The van der Waals surface area contributed by atoms with Gasteiger partial charge in [0, 0.05) is 0 Å². The Morgan fingerprint density at radius 3 is 1.40 bits per heavy atom. The largest absolute Gasteiger partial charge is 0.325 e. The lowest BCUT2D eigenvalue weighted by molar-refractivity contribution is -0.133. The number of benzene rings is 3. The van der Waals surface area contributed by atoms with Gasteiger partial charge in [-0.2, -0.15) is 0 Å². The summed E-state index contributed by atoms with van der Waals surface area (Å²) in [5.74, 6) is -0.433. The van der Waals surface area contributed by atoms with Gasteiger partial charge in [-0.05, 0) is 71.9 Å². The van der Waals surface area contributed by atoms with Gasteiger partial charge < -0.3 is 10.6 Å². The van der Waals surface area contributed by atoms with E-state index in [2.05, 4.69) is 10.6 Å². The van der Waals surface area contributed by atoms with Crippen LogP contribution in [0.15, 0.2) is 72.8 Å². The van der Waals surface area contributed by atoms with E-state index in [4.69, 9.17) is 0 Å². The zero-order chi connectivity index (χ0) is 27.5. The Bertz CT molecular complexity index is 1450. The minimum Gasteiger partial charge on any atom is -0.319 e. The number of imide groups is 2. The SMILES string of the molecule is O=C1N[C@@]2(CCCc3ccccc32)C(=O)N1Cc1ccc(CN2C(=O)N[C@]3(CCCc4ccccc43)C2=O)cc1. The Hall–Kier alpha value is -4.46. The van der Waals surface area contributed by atoms with E-state index in [9.17, 15) is 19.2 Å². The van der Waals surface area contributed by atoms with Crippen LogP contribution in [0, 0.1) is 0 Å². The number of carbonyl (C=O) groups excluding carboxylic acids is 4. The average Bonchev–Trinajstić information content (AvgIpc) is 3.34. The summed E-state index contributed by atoms with van der Waals surface area (Å²) in [6.45, 7) is 0.301. The van der Waals surface area contributed by atoms with Gasteiger partial charge in [0.15, 0.2) is 0 Å². The van der Waals surface area contributed by atoms with Crippen LogP contribution in [0.5, 0.6) is 0 Å². The van der Waals surface area contributed by atoms with Crippen LogP contribution in [0.4, 0.5) is 9.59 Å². The van der Waals surface area contributed by atoms with E-state index in [-0.39, 0.29) is 37.0 Å². The molecule has 0 saturated carbocycles. The standard InChI is InChI=1S/C32H30N4O4/c37-27-31(17-5-9-23-7-1-3-11-25(23)31)33-29(39)35(27)19-21-13-15-22(16-14-21)20-36-28(38)32(34-30(36)40)18-6-10-24-8-2-4-12-26(24)32/h1-4,7-8,11-16H,5-6,9-10,17-20H2,(H,33,39)(H,34,40)/t31-,32+. The van der Waals surface area contributed by atoms with E-state index in [1.165, 1.54) is 9.80 Å². The summed E-state index contributed by atoms with van der Waals surface area (Å²) < 4.78 is 0. The van der Waals surface area contributed by atoms with Crippen molar-refractivity contribution >= 4 is 23.9 Å². The molecule has 202 valence electrons. The Labute approximate surface area is 232 Å². The first-order valence-corrected chi connectivity index (χ1v) is 13.9. The van der Waals surface area contributed by atoms with Gasteiger partial charge in [-0.15, -0.1) is 0 Å². The summed E-state index contributed by atoms with van der Waals surface area (Å²) in [5.41, 5.74) is 3.59. The van der Waals surface area contributed by atoms with Crippen molar-refractivity contribution in [3.05, 3.63) is 106 Å². The zero-order valence-corrected chi connectivity index (χ0v) is 22.1. The molecular weight excluding hydrogens is 504 g/mol. The molecular formula is C32H30N4O4. The second-order valence-electron chi connectivity index (χ2n) is 11.3. The molecule has 0 radical (unpaired) electrons. The Morgan fingerprint density at radius 2 is 0.975 bits per heavy atom. The lowest BCUT2D eigenvalue weighted by atomic mass is 9.76. The van der Waals surface area contributed by atoms with Crippen LogP contribution >= 0.6 is 0 Å². The molecule has 2 spiro atoms. The predicted octanol–water partition coefficient (Wildman–Crippen LogP) is 4.25. The lowest BCUT2D eigenvalue weighted by Gasteiger charge is -2.33. The molecule has 2 aliphatic carbocycles. The molecule has 0 aromatic heterocycles. The third-order valence-electron chi connectivity index (χ3n) is 9.01. The van der Waals surface area contributed by atoms with Gasteiger partial charge in [0.25, 0.3) is 11.8 Å². The van der Waals surface area contributed by atoms with E-state index in [0.29, 0.717) is 12.8 Å². The number of hydrogen-bond donors (Lipinski definition) is 2. The number of aryl methyl sites for hydroxylation is 2. The number of hydrogen-bond acceptors (Lipinski definition) is 4. The molecule has 8 heteroatoms. The monoisotopic (exact) mass is 534 g/mol. The smallest absolute Gasteiger partial charge is 0.319 e. The number of nitrogens with zero attached hydrogens (tertiary/aromatic N) is 2. The van der Waals surface area contributed by atoms with Gasteiger partial charge >= 0.3 is 12.1 Å². The number of nitrogens with one attached hydrogen (secondary N) is 2. The van der Waals surface area contributed by atoms with Crippen molar-refractivity contribution in [2.45, 2.75) is 62.7 Å². The van der Waals surface area contributed by atoms with Crippen LogP contribution in [0.25, 0.3) is 0 Å². The third kappa shape index (κ3) is 3.58. The Balaban J connectivity index is 1.07. The summed E-state index contributed by atoms with van der Waals surface area (Å²) >= 11 is 0. The molecule has 3 aromatic carbocycles. The van der Waals surface area contributed by atoms with Gasteiger partial charge in [-0.1, -0.05) is 72.8 Å². The topological polar surface area (TPSA) is 98.8 Å². The van der Waals surface area contributed by atoms with Gasteiger partial charge in [-0.3, -0.25) is 19.4 Å². The van der Waals surface area contributed by atoms with E-state index in [1.807, 2.05) is 72.8 Å². The molecule has 0 bridgehead atoms. The van der Waals surface area contributed by atoms with Gasteiger partial charge in [0.05, 0.1) is 13.1 Å². The van der Waals surface area contributed by atoms with Crippen molar-refractivity contribution in [3.63, 3.8) is 0 Å². The molecule has 2 fully saturated rings. The third-order valence-corrected chi connectivity index (χ3v) is 9.01. The number of carbonyl (C=O) groups is 4. The van der Waals surface area contributed by atoms with Crippen LogP contribution in [-0.4, -0.2) is 33.7 Å². The fourth-order valence-electron chi connectivity index (χ4n) is 7.03. The fraction of sp³-hybridized carbons (Fsp3) is 0.312. The number of urea groups is 2. The lowest BCUT2D eigenvalue weighted by Crippen LogP contribution is -2.46. The van der Waals surface area contributed by atoms with Gasteiger partial charge in [0.2, 0.25) is 0 Å². The first-order chi connectivity index (χ1) is 19.4. The number of fused-ring (bicyclic) bond motifs is 4. The maximum Gasteiger partial charge on any atom is 0.325 e.